The van der Waals surface area contributed by atoms with Gasteiger partial charge in [-0.05, 0) is 51.0 Å². The average molecular weight is 330 g/mol. The van der Waals surface area contributed by atoms with Gasteiger partial charge in [0.1, 0.15) is 0 Å². The maximum Gasteiger partial charge on any atom is 0.0485 e. The first-order chi connectivity index (χ1) is 12.2. The number of rotatable bonds is 4. The predicted molar refractivity (Wildman–Crippen MR) is 108 cm³/mol. The summed E-state index contributed by atoms with van der Waals surface area (Å²) < 4.78 is 4.89. The number of benzene rings is 2. The van der Waals surface area contributed by atoms with E-state index in [9.17, 15) is 0 Å². The Balaban J connectivity index is 1.95. The summed E-state index contributed by atoms with van der Waals surface area (Å²) in [4.78, 5) is 0. The summed E-state index contributed by atoms with van der Waals surface area (Å²) in [5.74, 6) is 0. The molecule has 0 unspecified atom stereocenters. The van der Waals surface area contributed by atoms with Gasteiger partial charge in [-0.3, -0.25) is 0 Å². The van der Waals surface area contributed by atoms with E-state index in [4.69, 9.17) is 0 Å². The van der Waals surface area contributed by atoms with Crippen LogP contribution in [0.25, 0.3) is 21.8 Å². The van der Waals surface area contributed by atoms with Crippen molar-refractivity contribution in [2.45, 2.75) is 47.2 Å². The molecule has 0 aliphatic heterocycles. The molecule has 2 aromatic carbocycles. The van der Waals surface area contributed by atoms with E-state index >= 15 is 0 Å². The van der Waals surface area contributed by atoms with Crippen molar-refractivity contribution in [3.8, 4) is 0 Å². The van der Waals surface area contributed by atoms with Crippen molar-refractivity contribution < 1.29 is 0 Å². The predicted octanol–water partition coefficient (Wildman–Crippen LogP) is 5.84. The summed E-state index contributed by atoms with van der Waals surface area (Å²) in [5, 5.41) is 2.80. The molecule has 4 rings (SSSR count). The fourth-order valence-corrected chi connectivity index (χ4v) is 4.44. The van der Waals surface area contributed by atoms with Gasteiger partial charge < -0.3 is 9.13 Å². The Morgan fingerprint density at radius 1 is 0.640 bits per heavy atom. The first kappa shape index (κ1) is 16.0. The molecule has 0 amide bonds. The van der Waals surface area contributed by atoms with E-state index in [-0.39, 0.29) is 0 Å². The fraction of sp³-hybridized carbons (Fsp3) is 0.304. The summed E-state index contributed by atoms with van der Waals surface area (Å²) in [6, 6.07) is 17.7. The molecule has 0 fully saturated rings. The van der Waals surface area contributed by atoms with Gasteiger partial charge in [-0.2, -0.15) is 0 Å². The van der Waals surface area contributed by atoms with Crippen LogP contribution in [0.3, 0.4) is 0 Å². The molecule has 0 aliphatic carbocycles. The molecular formula is C23H26N2. The third-order valence-corrected chi connectivity index (χ3v) is 5.71. The molecule has 0 saturated carbocycles. The van der Waals surface area contributed by atoms with Crippen LogP contribution < -0.4 is 0 Å². The minimum absolute atomic E-state index is 0.999. The Labute approximate surface area is 149 Å². The van der Waals surface area contributed by atoms with E-state index in [0.29, 0.717) is 0 Å². The van der Waals surface area contributed by atoms with Gasteiger partial charge in [0.25, 0.3) is 0 Å². The molecule has 0 saturated heterocycles. The number of aryl methyl sites for hydroxylation is 2. The molecule has 0 atom stereocenters. The zero-order valence-corrected chi connectivity index (χ0v) is 15.6. The highest BCUT2D eigenvalue weighted by Crippen LogP contribution is 2.33. The van der Waals surface area contributed by atoms with Crippen LogP contribution in [0.1, 0.15) is 36.4 Å². The highest BCUT2D eigenvalue weighted by atomic mass is 15.0. The molecule has 0 radical (unpaired) electrons. The third kappa shape index (κ3) is 2.31. The lowest BCUT2D eigenvalue weighted by Crippen LogP contribution is -2.00. The molecule has 128 valence electrons. The Kier molecular flexibility index (Phi) is 3.91. The van der Waals surface area contributed by atoms with Gasteiger partial charge in [0.2, 0.25) is 0 Å². The van der Waals surface area contributed by atoms with Crippen LogP contribution in [0.5, 0.6) is 0 Å². The van der Waals surface area contributed by atoms with Crippen LogP contribution in [0.15, 0.2) is 48.5 Å². The van der Waals surface area contributed by atoms with Gasteiger partial charge in [-0.1, -0.05) is 36.4 Å². The number of fused-ring (bicyclic) bond motifs is 2. The van der Waals surface area contributed by atoms with Crippen molar-refractivity contribution in [1.82, 2.24) is 9.13 Å². The van der Waals surface area contributed by atoms with Crippen molar-refractivity contribution in [2.24, 2.45) is 0 Å². The van der Waals surface area contributed by atoms with Gasteiger partial charge in [-0.25, -0.2) is 0 Å². The molecule has 2 nitrogen and oxygen atoms in total. The van der Waals surface area contributed by atoms with Crippen molar-refractivity contribution in [3.63, 3.8) is 0 Å². The van der Waals surface area contributed by atoms with Gasteiger partial charge in [0, 0.05) is 52.7 Å². The van der Waals surface area contributed by atoms with Crippen molar-refractivity contribution in [3.05, 3.63) is 71.0 Å². The monoisotopic (exact) mass is 330 g/mol. The molecule has 2 heterocycles. The van der Waals surface area contributed by atoms with E-state index < -0.39 is 0 Å². The van der Waals surface area contributed by atoms with E-state index in [1.165, 1.54) is 44.3 Å². The first-order valence-electron chi connectivity index (χ1n) is 9.30. The summed E-state index contributed by atoms with van der Waals surface area (Å²) in [6.07, 6.45) is 0.999. The lowest BCUT2D eigenvalue weighted by Gasteiger charge is -2.07. The van der Waals surface area contributed by atoms with E-state index in [1.54, 1.807) is 0 Å². The molecule has 0 aliphatic rings. The van der Waals surface area contributed by atoms with Crippen LogP contribution >= 0.6 is 0 Å². The SMILES string of the molecule is CCn1c(C)c(Cc2c(C)n(CC)c3ccccc23)c2ccccc21. The maximum absolute atomic E-state index is 2.44. The zero-order chi connectivity index (χ0) is 17.6. The standard InChI is InChI=1S/C23H26N2/c1-5-24-16(3)20(18-11-7-9-13-22(18)24)15-21-17(4)25(6-2)23-14-10-8-12-19(21)23/h7-14H,5-6,15H2,1-4H3. The number of hydrogen-bond donors (Lipinski definition) is 0. The minimum atomic E-state index is 0.999. The topological polar surface area (TPSA) is 9.86 Å². The molecule has 0 N–H and O–H groups in total. The molecule has 0 bridgehead atoms. The molecule has 2 aromatic heterocycles. The summed E-state index contributed by atoms with van der Waals surface area (Å²) in [5.41, 5.74) is 8.45. The summed E-state index contributed by atoms with van der Waals surface area (Å²) >= 11 is 0. The number of para-hydroxylation sites is 2. The Morgan fingerprint density at radius 3 is 1.44 bits per heavy atom. The van der Waals surface area contributed by atoms with Crippen molar-refractivity contribution >= 4 is 21.8 Å². The largest absolute Gasteiger partial charge is 0.345 e. The lowest BCUT2D eigenvalue weighted by molar-refractivity contribution is 0.757. The van der Waals surface area contributed by atoms with Crippen LogP contribution in [-0.4, -0.2) is 9.13 Å². The Bertz CT molecular complexity index is 977. The van der Waals surface area contributed by atoms with Gasteiger partial charge in [0.15, 0.2) is 0 Å². The molecule has 2 heteroatoms. The third-order valence-electron chi connectivity index (χ3n) is 5.71. The number of aromatic nitrogens is 2. The second-order valence-electron chi connectivity index (χ2n) is 6.83. The average Bonchev–Trinajstić information content (AvgIpc) is 3.07. The highest BCUT2D eigenvalue weighted by molar-refractivity contribution is 5.89. The van der Waals surface area contributed by atoms with E-state index in [0.717, 1.165) is 19.5 Å². The van der Waals surface area contributed by atoms with Gasteiger partial charge in [-0.15, -0.1) is 0 Å². The molecule has 25 heavy (non-hydrogen) atoms. The van der Waals surface area contributed by atoms with Crippen LogP contribution in [0.2, 0.25) is 0 Å². The number of hydrogen-bond acceptors (Lipinski definition) is 0. The first-order valence-corrected chi connectivity index (χ1v) is 9.30. The van der Waals surface area contributed by atoms with E-state index in [1.807, 2.05) is 0 Å². The summed E-state index contributed by atoms with van der Waals surface area (Å²) in [6.45, 7) is 11.0. The molecule has 0 spiro atoms. The fourth-order valence-electron chi connectivity index (χ4n) is 4.44. The van der Waals surface area contributed by atoms with Crippen LogP contribution in [0, 0.1) is 13.8 Å². The van der Waals surface area contributed by atoms with E-state index in [2.05, 4.69) is 85.4 Å². The second-order valence-corrected chi connectivity index (χ2v) is 6.83. The zero-order valence-electron chi connectivity index (χ0n) is 15.6. The van der Waals surface area contributed by atoms with Gasteiger partial charge in [0.05, 0.1) is 0 Å². The second kappa shape index (κ2) is 6.11. The van der Waals surface area contributed by atoms with Crippen LogP contribution in [0.4, 0.5) is 0 Å². The van der Waals surface area contributed by atoms with Crippen LogP contribution in [-0.2, 0) is 19.5 Å². The Morgan fingerprint density at radius 2 is 1.04 bits per heavy atom. The number of nitrogens with zero attached hydrogens (tertiary/aromatic N) is 2. The molecule has 4 aromatic rings. The highest BCUT2D eigenvalue weighted by Gasteiger charge is 2.18. The smallest absolute Gasteiger partial charge is 0.0485 e. The lowest BCUT2D eigenvalue weighted by atomic mass is 9.99. The minimum Gasteiger partial charge on any atom is -0.345 e. The maximum atomic E-state index is 2.44. The Hall–Kier alpha value is -2.48. The molecular weight excluding hydrogens is 304 g/mol. The van der Waals surface area contributed by atoms with Crippen molar-refractivity contribution in [1.29, 1.82) is 0 Å². The normalized spacial score (nSPS) is 11.7. The summed E-state index contributed by atoms with van der Waals surface area (Å²) in [7, 11) is 0. The van der Waals surface area contributed by atoms with Gasteiger partial charge >= 0.3 is 0 Å². The van der Waals surface area contributed by atoms with Crippen molar-refractivity contribution in [2.75, 3.05) is 0 Å². The quantitative estimate of drug-likeness (QED) is 0.444.